The first-order chi connectivity index (χ1) is 10.3. The van der Waals surface area contributed by atoms with E-state index in [1.807, 2.05) is 0 Å². The zero-order chi connectivity index (χ0) is 14.5. The van der Waals surface area contributed by atoms with Crippen LogP contribution in [0.5, 0.6) is 5.75 Å². The van der Waals surface area contributed by atoms with E-state index in [2.05, 4.69) is 46.3 Å². The number of nitrogens with zero attached hydrogens (tertiary/aromatic N) is 2. The Morgan fingerprint density at radius 3 is 2.81 bits per heavy atom. The SMILES string of the molecule is CCCOc1cccc(CN2CC(N3CCNCC3)C2)c1. The van der Waals surface area contributed by atoms with Gasteiger partial charge in [0.1, 0.15) is 5.75 Å². The van der Waals surface area contributed by atoms with Crippen molar-refractivity contribution >= 4 is 0 Å². The van der Waals surface area contributed by atoms with Gasteiger partial charge in [0.25, 0.3) is 0 Å². The van der Waals surface area contributed by atoms with Gasteiger partial charge in [-0.15, -0.1) is 0 Å². The van der Waals surface area contributed by atoms with Crippen LogP contribution in [-0.4, -0.2) is 61.7 Å². The van der Waals surface area contributed by atoms with Gasteiger partial charge in [-0.3, -0.25) is 9.80 Å². The number of hydrogen-bond donors (Lipinski definition) is 1. The second-order valence-electron chi connectivity index (χ2n) is 6.13. The van der Waals surface area contributed by atoms with E-state index in [1.54, 1.807) is 0 Å². The molecule has 4 nitrogen and oxygen atoms in total. The molecule has 1 aromatic carbocycles. The second kappa shape index (κ2) is 7.25. The molecule has 2 saturated heterocycles. The first-order valence-corrected chi connectivity index (χ1v) is 8.24. The van der Waals surface area contributed by atoms with E-state index < -0.39 is 0 Å². The smallest absolute Gasteiger partial charge is 0.119 e. The summed E-state index contributed by atoms with van der Waals surface area (Å²) in [6.07, 6.45) is 1.06. The average molecular weight is 289 g/mol. The zero-order valence-electron chi connectivity index (χ0n) is 13.1. The molecule has 0 aliphatic carbocycles. The van der Waals surface area contributed by atoms with Gasteiger partial charge in [0.05, 0.1) is 6.61 Å². The van der Waals surface area contributed by atoms with Crippen molar-refractivity contribution < 1.29 is 4.74 Å². The van der Waals surface area contributed by atoms with Crippen molar-refractivity contribution in [3.8, 4) is 5.75 Å². The maximum absolute atomic E-state index is 5.71. The van der Waals surface area contributed by atoms with Crippen LogP contribution >= 0.6 is 0 Å². The third-order valence-corrected chi connectivity index (χ3v) is 4.38. The Morgan fingerprint density at radius 1 is 1.24 bits per heavy atom. The number of piperazine rings is 1. The predicted molar refractivity (Wildman–Crippen MR) is 85.7 cm³/mol. The molecular weight excluding hydrogens is 262 g/mol. The normalized spacial score (nSPS) is 21.2. The van der Waals surface area contributed by atoms with Gasteiger partial charge in [-0.2, -0.15) is 0 Å². The minimum atomic E-state index is 0.770. The van der Waals surface area contributed by atoms with Crippen LogP contribution in [0.4, 0.5) is 0 Å². The van der Waals surface area contributed by atoms with Crippen LogP contribution in [0.3, 0.4) is 0 Å². The topological polar surface area (TPSA) is 27.7 Å². The van der Waals surface area contributed by atoms with E-state index in [4.69, 9.17) is 4.74 Å². The molecule has 0 spiro atoms. The molecule has 0 atom stereocenters. The number of benzene rings is 1. The lowest BCUT2D eigenvalue weighted by atomic mass is 10.0. The summed E-state index contributed by atoms with van der Waals surface area (Å²) in [7, 11) is 0. The van der Waals surface area contributed by atoms with Crippen molar-refractivity contribution in [2.45, 2.75) is 25.9 Å². The van der Waals surface area contributed by atoms with E-state index in [0.717, 1.165) is 44.5 Å². The summed E-state index contributed by atoms with van der Waals surface area (Å²) in [4.78, 5) is 5.17. The zero-order valence-corrected chi connectivity index (χ0v) is 13.1. The Labute approximate surface area is 128 Å². The fourth-order valence-electron chi connectivity index (χ4n) is 3.16. The van der Waals surface area contributed by atoms with Crippen LogP contribution in [0.1, 0.15) is 18.9 Å². The average Bonchev–Trinajstić information content (AvgIpc) is 2.50. The molecule has 2 aliphatic rings. The summed E-state index contributed by atoms with van der Waals surface area (Å²) in [6, 6.07) is 9.32. The molecule has 2 aliphatic heterocycles. The van der Waals surface area contributed by atoms with Gasteiger partial charge in [0.15, 0.2) is 0 Å². The van der Waals surface area contributed by atoms with Gasteiger partial charge in [-0.1, -0.05) is 19.1 Å². The highest BCUT2D eigenvalue weighted by atomic mass is 16.5. The highest BCUT2D eigenvalue weighted by molar-refractivity contribution is 5.28. The summed E-state index contributed by atoms with van der Waals surface area (Å²) in [5.74, 6) is 1.01. The largest absolute Gasteiger partial charge is 0.494 e. The van der Waals surface area contributed by atoms with Crippen molar-refractivity contribution in [2.75, 3.05) is 45.9 Å². The number of hydrogen-bond acceptors (Lipinski definition) is 4. The molecule has 2 fully saturated rings. The van der Waals surface area contributed by atoms with Crippen molar-refractivity contribution in [2.24, 2.45) is 0 Å². The van der Waals surface area contributed by atoms with Gasteiger partial charge >= 0.3 is 0 Å². The second-order valence-corrected chi connectivity index (χ2v) is 6.13. The van der Waals surface area contributed by atoms with E-state index in [1.165, 1.54) is 31.7 Å². The fourth-order valence-corrected chi connectivity index (χ4v) is 3.16. The third kappa shape index (κ3) is 3.96. The van der Waals surface area contributed by atoms with Gasteiger partial charge in [-0.05, 0) is 24.1 Å². The van der Waals surface area contributed by atoms with E-state index in [-0.39, 0.29) is 0 Å². The van der Waals surface area contributed by atoms with Gasteiger partial charge in [0.2, 0.25) is 0 Å². The van der Waals surface area contributed by atoms with E-state index in [9.17, 15) is 0 Å². The maximum Gasteiger partial charge on any atom is 0.119 e. The lowest BCUT2D eigenvalue weighted by Gasteiger charge is -2.46. The first kappa shape index (κ1) is 14.8. The molecule has 3 rings (SSSR count). The summed E-state index contributed by atoms with van der Waals surface area (Å²) in [5, 5.41) is 3.42. The van der Waals surface area contributed by atoms with Gasteiger partial charge < -0.3 is 10.1 Å². The molecule has 4 heteroatoms. The van der Waals surface area contributed by atoms with E-state index in [0.29, 0.717) is 0 Å². The van der Waals surface area contributed by atoms with Crippen molar-refractivity contribution in [3.63, 3.8) is 0 Å². The van der Waals surface area contributed by atoms with Crippen LogP contribution in [0.25, 0.3) is 0 Å². The van der Waals surface area contributed by atoms with Crippen LogP contribution in [0.15, 0.2) is 24.3 Å². The minimum Gasteiger partial charge on any atom is -0.494 e. The summed E-state index contributed by atoms with van der Waals surface area (Å²) in [6.45, 7) is 11.1. The van der Waals surface area contributed by atoms with E-state index >= 15 is 0 Å². The Hall–Kier alpha value is -1.10. The van der Waals surface area contributed by atoms with Crippen LogP contribution in [0, 0.1) is 0 Å². The molecule has 0 bridgehead atoms. The molecule has 0 radical (unpaired) electrons. The van der Waals surface area contributed by atoms with Crippen molar-refractivity contribution in [1.29, 1.82) is 0 Å². The molecular formula is C17H27N3O. The Kier molecular flexibility index (Phi) is 5.12. The lowest BCUT2D eigenvalue weighted by Crippen LogP contribution is -2.62. The molecule has 1 aromatic rings. The Bertz CT molecular complexity index is 439. The Balaban J connectivity index is 1.45. The molecule has 1 N–H and O–H groups in total. The number of rotatable bonds is 6. The van der Waals surface area contributed by atoms with Gasteiger partial charge in [-0.25, -0.2) is 0 Å². The highest BCUT2D eigenvalue weighted by Gasteiger charge is 2.31. The number of ether oxygens (including phenoxy) is 1. The first-order valence-electron chi connectivity index (χ1n) is 8.24. The molecule has 0 aromatic heterocycles. The quantitative estimate of drug-likeness (QED) is 0.860. The predicted octanol–water partition coefficient (Wildman–Crippen LogP) is 1.56. The molecule has 0 unspecified atom stereocenters. The standard InChI is InChI=1S/C17H27N3O/c1-2-10-21-17-5-3-4-15(11-17)12-19-13-16(14-19)20-8-6-18-7-9-20/h3-5,11,16,18H,2,6-10,12-14H2,1H3. The summed E-state index contributed by atoms with van der Waals surface area (Å²) < 4.78 is 5.71. The molecule has 0 saturated carbocycles. The van der Waals surface area contributed by atoms with Crippen LogP contribution in [0.2, 0.25) is 0 Å². The Morgan fingerprint density at radius 2 is 2.05 bits per heavy atom. The third-order valence-electron chi connectivity index (χ3n) is 4.38. The minimum absolute atomic E-state index is 0.770. The van der Waals surface area contributed by atoms with Gasteiger partial charge in [0, 0.05) is 51.9 Å². The highest BCUT2D eigenvalue weighted by Crippen LogP contribution is 2.20. The summed E-state index contributed by atoms with van der Waals surface area (Å²) >= 11 is 0. The molecule has 21 heavy (non-hydrogen) atoms. The lowest BCUT2D eigenvalue weighted by molar-refractivity contribution is 0.0223. The van der Waals surface area contributed by atoms with Crippen LogP contribution in [-0.2, 0) is 6.54 Å². The number of likely N-dealkylation sites (tertiary alicyclic amines) is 1. The fraction of sp³-hybridized carbons (Fsp3) is 0.647. The van der Waals surface area contributed by atoms with Crippen molar-refractivity contribution in [1.82, 2.24) is 15.1 Å². The molecule has 2 heterocycles. The monoisotopic (exact) mass is 289 g/mol. The molecule has 116 valence electrons. The van der Waals surface area contributed by atoms with Crippen molar-refractivity contribution in [3.05, 3.63) is 29.8 Å². The molecule has 0 amide bonds. The van der Waals surface area contributed by atoms with Crippen LogP contribution < -0.4 is 10.1 Å². The number of nitrogens with one attached hydrogen (secondary N) is 1. The summed E-state index contributed by atoms with van der Waals surface area (Å²) in [5.41, 5.74) is 1.36. The maximum atomic E-state index is 5.71.